The number of hydrogen-bond acceptors (Lipinski definition) is 11. The van der Waals surface area contributed by atoms with Crippen molar-refractivity contribution in [1.29, 1.82) is 5.26 Å². The third-order valence-corrected chi connectivity index (χ3v) is 8.88. The van der Waals surface area contributed by atoms with E-state index in [4.69, 9.17) is 25.7 Å². The molecule has 55 heavy (non-hydrogen) atoms. The monoisotopic (exact) mass is 747 g/mol. The molecule has 0 atom stereocenters. The minimum atomic E-state index is -0.901. The summed E-state index contributed by atoms with van der Waals surface area (Å²) in [6.07, 6.45) is 2.44. The Kier molecular flexibility index (Phi) is 10.1. The van der Waals surface area contributed by atoms with E-state index in [2.05, 4.69) is 20.6 Å². The summed E-state index contributed by atoms with van der Waals surface area (Å²) < 4.78 is 12.2. The zero-order valence-electron chi connectivity index (χ0n) is 29.7. The van der Waals surface area contributed by atoms with Crippen LogP contribution in [0.25, 0.3) is 44.6 Å². The van der Waals surface area contributed by atoms with E-state index in [1.807, 2.05) is 86.6 Å². The van der Waals surface area contributed by atoms with Gasteiger partial charge in [0.2, 0.25) is 5.43 Å². The average Bonchev–Trinajstić information content (AvgIpc) is 3.19. The number of ether oxygens (including phenoxy) is 1. The predicted octanol–water partition coefficient (Wildman–Crippen LogP) is 8.09. The van der Waals surface area contributed by atoms with Gasteiger partial charge in [0.25, 0.3) is 11.5 Å². The molecule has 0 radical (unpaired) electrons. The normalized spacial score (nSPS) is 11.1. The maximum atomic E-state index is 14.5. The largest absolute Gasteiger partial charge is 0.463 e. The van der Waals surface area contributed by atoms with Crippen LogP contribution in [0.1, 0.15) is 39.5 Å². The number of aromatic nitrogens is 4. The second kappa shape index (κ2) is 15.4. The maximum Gasteiger partial charge on any atom is 0.342 e. The number of hydrogen-bond donors (Lipinski definition) is 1. The maximum absolute atomic E-state index is 14.5. The lowest BCUT2D eigenvalue weighted by Crippen LogP contribution is -2.32. The number of nitrogens with zero attached hydrogens (tertiary/aromatic N) is 6. The highest BCUT2D eigenvalue weighted by Crippen LogP contribution is 2.35. The van der Waals surface area contributed by atoms with Crippen molar-refractivity contribution >= 4 is 46.5 Å². The van der Waals surface area contributed by atoms with Gasteiger partial charge in [0.15, 0.2) is 5.82 Å². The number of nitriles is 1. The SMILES string of the molecule is CCOC(=O)c1c(-c2ccc(Cl)cc2)c(C#N)c(=O)n(Nc2nnc(-c3ccccc3)c(-c3ccccc3)n2)c1/N=C/c1coc2c(C)cc(C)cc2c1=O. The van der Waals surface area contributed by atoms with Crippen molar-refractivity contribution in [3.05, 3.63) is 157 Å². The van der Waals surface area contributed by atoms with Crippen molar-refractivity contribution in [2.75, 3.05) is 12.0 Å². The molecule has 270 valence electrons. The van der Waals surface area contributed by atoms with E-state index >= 15 is 0 Å². The molecule has 0 saturated carbocycles. The Balaban J connectivity index is 1.50. The zero-order chi connectivity index (χ0) is 38.6. The molecule has 0 saturated heterocycles. The number of anilines is 1. The van der Waals surface area contributed by atoms with Crippen molar-refractivity contribution in [2.24, 2.45) is 4.99 Å². The van der Waals surface area contributed by atoms with Crippen LogP contribution in [0.5, 0.6) is 0 Å². The molecule has 1 N–H and O–H groups in total. The lowest BCUT2D eigenvalue weighted by molar-refractivity contribution is 0.0527. The molecule has 0 unspecified atom stereocenters. The fourth-order valence-corrected chi connectivity index (χ4v) is 6.31. The smallest absolute Gasteiger partial charge is 0.342 e. The van der Waals surface area contributed by atoms with E-state index in [-0.39, 0.29) is 40.5 Å². The van der Waals surface area contributed by atoms with Gasteiger partial charge >= 0.3 is 5.97 Å². The molecule has 0 fully saturated rings. The van der Waals surface area contributed by atoms with Gasteiger partial charge in [-0.15, -0.1) is 10.2 Å². The minimum Gasteiger partial charge on any atom is -0.463 e. The van der Waals surface area contributed by atoms with Crippen molar-refractivity contribution in [1.82, 2.24) is 19.9 Å². The van der Waals surface area contributed by atoms with E-state index in [9.17, 15) is 19.6 Å². The highest BCUT2D eigenvalue weighted by atomic mass is 35.5. The zero-order valence-corrected chi connectivity index (χ0v) is 30.5. The number of aryl methyl sites for hydroxylation is 2. The third-order valence-electron chi connectivity index (χ3n) is 8.63. The van der Waals surface area contributed by atoms with Crippen LogP contribution < -0.4 is 16.4 Å². The Labute approximate surface area is 319 Å². The third kappa shape index (κ3) is 7.12. The Morgan fingerprint density at radius 1 is 0.945 bits per heavy atom. The molecular formula is C42H30ClN7O5. The second-order valence-electron chi connectivity index (χ2n) is 12.3. The first-order valence-corrected chi connectivity index (χ1v) is 17.4. The molecule has 7 rings (SSSR count). The molecule has 3 aromatic heterocycles. The quantitative estimate of drug-likeness (QED) is 0.113. The summed E-state index contributed by atoms with van der Waals surface area (Å²) in [5.74, 6) is -1.37. The Morgan fingerprint density at radius 3 is 2.27 bits per heavy atom. The minimum absolute atomic E-state index is 0.0280. The van der Waals surface area contributed by atoms with Gasteiger partial charge in [0.1, 0.15) is 40.4 Å². The first-order valence-electron chi connectivity index (χ1n) is 17.0. The van der Waals surface area contributed by atoms with E-state index in [0.717, 1.165) is 21.4 Å². The molecule has 0 aliphatic carbocycles. The number of nitrogens with one attached hydrogen (secondary N) is 1. The Morgan fingerprint density at radius 2 is 1.62 bits per heavy atom. The lowest BCUT2D eigenvalue weighted by Gasteiger charge is -2.19. The van der Waals surface area contributed by atoms with Gasteiger partial charge in [-0.25, -0.2) is 14.8 Å². The highest BCUT2D eigenvalue weighted by molar-refractivity contribution is 6.30. The molecule has 0 spiro atoms. The van der Waals surface area contributed by atoms with Gasteiger partial charge in [-0.3, -0.25) is 15.0 Å². The fourth-order valence-electron chi connectivity index (χ4n) is 6.19. The van der Waals surface area contributed by atoms with Gasteiger partial charge in [-0.1, -0.05) is 90.5 Å². The highest BCUT2D eigenvalue weighted by Gasteiger charge is 2.29. The second-order valence-corrected chi connectivity index (χ2v) is 12.8. The van der Waals surface area contributed by atoms with Crippen LogP contribution in [0.3, 0.4) is 0 Å². The number of fused-ring (bicyclic) bond motifs is 1. The van der Waals surface area contributed by atoms with Gasteiger partial charge in [-0.2, -0.15) is 9.94 Å². The summed E-state index contributed by atoms with van der Waals surface area (Å²) in [7, 11) is 0. The van der Waals surface area contributed by atoms with Gasteiger partial charge < -0.3 is 9.15 Å². The van der Waals surface area contributed by atoms with Crippen molar-refractivity contribution < 1.29 is 13.9 Å². The topological polar surface area (TPSA) is 165 Å². The molecule has 12 nitrogen and oxygen atoms in total. The summed E-state index contributed by atoms with van der Waals surface area (Å²) in [6, 6.07) is 30.4. The van der Waals surface area contributed by atoms with Crippen LogP contribution in [0.15, 0.2) is 122 Å². The standard InChI is InChI=1S/C42H30ClN7O5/c1-4-54-41(53)34-33(26-15-17-30(43)18-16-26)32(21-44)40(52)50(39(34)45-22-29-23-55-38-25(3)19-24(2)20-31(38)37(29)51)49-42-46-35(27-11-7-5-8-12-27)36(47-48-42)28-13-9-6-10-14-28/h5-20,22-23H,4H2,1-3H3,(H,46,48,49)/b45-22+. The van der Waals surface area contributed by atoms with Crippen LogP contribution in [-0.4, -0.2) is 38.6 Å². The van der Waals surface area contributed by atoms with Crippen LogP contribution in [0.2, 0.25) is 5.02 Å². The Hall–Kier alpha value is -7.23. The van der Waals surface area contributed by atoms with Crippen LogP contribution >= 0.6 is 11.6 Å². The van der Waals surface area contributed by atoms with Crippen molar-refractivity contribution in [2.45, 2.75) is 20.8 Å². The molecule has 13 heteroatoms. The number of carbonyl (C=O) groups excluding carboxylic acids is 1. The molecule has 3 heterocycles. The van der Waals surface area contributed by atoms with Crippen LogP contribution in [0, 0.1) is 25.2 Å². The fraction of sp³-hybridized carbons (Fsp3) is 0.0952. The Bertz CT molecular complexity index is 2800. The number of benzene rings is 4. The average molecular weight is 748 g/mol. The molecule has 0 aliphatic rings. The molecule has 7 aromatic rings. The van der Waals surface area contributed by atoms with Crippen LogP contribution in [0.4, 0.5) is 11.8 Å². The molecule has 4 aromatic carbocycles. The summed E-state index contributed by atoms with van der Waals surface area (Å²) in [5, 5.41) is 20.0. The summed E-state index contributed by atoms with van der Waals surface area (Å²) in [6.45, 7) is 5.27. The summed E-state index contributed by atoms with van der Waals surface area (Å²) >= 11 is 6.19. The number of esters is 1. The number of pyridine rings is 1. The summed E-state index contributed by atoms with van der Waals surface area (Å²) in [4.78, 5) is 51.5. The predicted molar refractivity (Wildman–Crippen MR) is 211 cm³/mol. The first kappa shape index (κ1) is 36.1. The van der Waals surface area contributed by atoms with Gasteiger partial charge in [-0.05, 0) is 55.7 Å². The van der Waals surface area contributed by atoms with Gasteiger partial charge in [0, 0.05) is 27.9 Å². The number of rotatable bonds is 9. The van der Waals surface area contributed by atoms with E-state index in [1.54, 1.807) is 37.3 Å². The molecule has 0 bridgehead atoms. The van der Waals surface area contributed by atoms with Crippen LogP contribution in [-0.2, 0) is 4.74 Å². The number of carbonyl (C=O) groups is 1. The number of aliphatic imine (C=N–C) groups is 1. The van der Waals surface area contributed by atoms with Crippen molar-refractivity contribution in [3.63, 3.8) is 0 Å². The number of halogens is 1. The van der Waals surface area contributed by atoms with E-state index in [0.29, 0.717) is 38.5 Å². The summed E-state index contributed by atoms with van der Waals surface area (Å²) in [5.41, 5.74) is 5.61. The van der Waals surface area contributed by atoms with E-state index in [1.165, 1.54) is 12.5 Å². The van der Waals surface area contributed by atoms with Gasteiger partial charge in [0.05, 0.1) is 17.6 Å². The lowest BCUT2D eigenvalue weighted by atomic mass is 9.96. The first-order chi connectivity index (χ1) is 26.7. The van der Waals surface area contributed by atoms with Crippen molar-refractivity contribution in [3.8, 4) is 39.7 Å². The molecule has 0 amide bonds. The molecular weight excluding hydrogens is 718 g/mol. The van der Waals surface area contributed by atoms with E-state index < -0.39 is 17.1 Å². The molecule has 0 aliphatic heterocycles.